The Balaban J connectivity index is 1.65. The molecular weight excluding hydrogens is 343 g/mol. The summed E-state index contributed by atoms with van der Waals surface area (Å²) in [5.41, 5.74) is 0. The van der Waals surface area contributed by atoms with E-state index in [2.05, 4.69) is 4.90 Å². The molecule has 1 aromatic rings. The summed E-state index contributed by atoms with van der Waals surface area (Å²) in [4.78, 5) is 2.14. The monoisotopic (exact) mass is 362 g/mol. The molecule has 0 aliphatic carbocycles. The highest BCUT2D eigenvalue weighted by Crippen LogP contribution is 2.22. The first-order chi connectivity index (χ1) is 10.8. The van der Waals surface area contributed by atoms with Crippen LogP contribution in [0, 0.1) is 5.82 Å². The molecule has 0 N–H and O–H groups in total. The van der Waals surface area contributed by atoms with Gasteiger partial charge in [-0.25, -0.2) is 21.2 Å². The van der Waals surface area contributed by atoms with Gasteiger partial charge in [-0.1, -0.05) is 0 Å². The van der Waals surface area contributed by atoms with Crippen LogP contribution in [-0.2, 0) is 19.9 Å². The van der Waals surface area contributed by atoms with Crippen LogP contribution in [-0.4, -0.2) is 69.8 Å². The first-order valence-corrected chi connectivity index (χ1v) is 10.7. The minimum Gasteiger partial charge on any atom is -0.297 e. The molecule has 2 aliphatic heterocycles. The first kappa shape index (κ1) is 16.8. The van der Waals surface area contributed by atoms with E-state index in [1.54, 1.807) is 0 Å². The third-order valence-corrected chi connectivity index (χ3v) is 8.11. The Morgan fingerprint density at radius 2 is 1.65 bits per heavy atom. The minimum absolute atomic E-state index is 0.00400. The van der Waals surface area contributed by atoms with Crippen LogP contribution < -0.4 is 0 Å². The maximum absolute atomic E-state index is 12.9. The predicted octanol–water partition coefficient (Wildman–Crippen LogP) is 0.319. The van der Waals surface area contributed by atoms with Crippen molar-refractivity contribution in [1.82, 2.24) is 9.21 Å². The van der Waals surface area contributed by atoms with Crippen molar-refractivity contribution in [2.45, 2.75) is 17.4 Å². The van der Waals surface area contributed by atoms with Gasteiger partial charge < -0.3 is 0 Å². The van der Waals surface area contributed by atoms with Crippen LogP contribution in [0.2, 0.25) is 0 Å². The van der Waals surface area contributed by atoms with Gasteiger partial charge in [0.2, 0.25) is 10.0 Å². The van der Waals surface area contributed by atoms with Gasteiger partial charge in [0.1, 0.15) is 5.82 Å². The molecule has 2 saturated heterocycles. The SMILES string of the molecule is O=S1(=O)CC[C@@H](N2CCN(S(=O)(=O)c3ccc(F)cc3)CC2)C1. The number of benzene rings is 1. The number of hydrogen-bond donors (Lipinski definition) is 0. The fraction of sp³-hybridized carbons (Fsp3) is 0.571. The van der Waals surface area contributed by atoms with E-state index < -0.39 is 25.7 Å². The van der Waals surface area contributed by atoms with Gasteiger partial charge >= 0.3 is 0 Å². The van der Waals surface area contributed by atoms with Crippen molar-refractivity contribution in [2.75, 3.05) is 37.7 Å². The fourth-order valence-corrected chi connectivity index (χ4v) is 6.31. The maximum atomic E-state index is 12.9. The molecule has 0 bridgehead atoms. The van der Waals surface area contributed by atoms with Crippen LogP contribution in [0.3, 0.4) is 0 Å². The molecule has 1 aromatic carbocycles. The van der Waals surface area contributed by atoms with Crippen molar-refractivity contribution >= 4 is 19.9 Å². The van der Waals surface area contributed by atoms with E-state index in [0.717, 1.165) is 12.1 Å². The standard InChI is InChI=1S/C14H19FN2O4S2/c15-12-1-3-14(4-2-12)23(20,21)17-8-6-16(7-9-17)13-5-10-22(18,19)11-13/h1-4,13H,5-11H2/t13-/m1/s1. The lowest BCUT2D eigenvalue weighted by molar-refractivity contribution is 0.148. The van der Waals surface area contributed by atoms with Crippen molar-refractivity contribution in [3.63, 3.8) is 0 Å². The number of sulfone groups is 1. The van der Waals surface area contributed by atoms with Crippen molar-refractivity contribution < 1.29 is 21.2 Å². The van der Waals surface area contributed by atoms with Crippen LogP contribution in [0.25, 0.3) is 0 Å². The van der Waals surface area contributed by atoms with E-state index in [9.17, 15) is 21.2 Å². The van der Waals surface area contributed by atoms with Crippen LogP contribution >= 0.6 is 0 Å². The third kappa shape index (κ3) is 3.57. The zero-order valence-corrected chi connectivity index (χ0v) is 14.2. The zero-order valence-electron chi connectivity index (χ0n) is 12.6. The Bertz CT molecular complexity index is 770. The highest BCUT2D eigenvalue weighted by atomic mass is 32.2. The summed E-state index contributed by atoms with van der Waals surface area (Å²) < 4.78 is 62.5. The summed E-state index contributed by atoms with van der Waals surface area (Å²) in [7, 11) is -6.57. The molecule has 2 aliphatic rings. The summed E-state index contributed by atoms with van der Waals surface area (Å²) >= 11 is 0. The van der Waals surface area contributed by atoms with E-state index in [0.29, 0.717) is 32.6 Å². The van der Waals surface area contributed by atoms with Gasteiger partial charge in [-0.2, -0.15) is 4.31 Å². The summed E-state index contributed by atoms with van der Waals surface area (Å²) in [6.07, 6.45) is 0.618. The first-order valence-electron chi connectivity index (χ1n) is 7.48. The Kier molecular flexibility index (Phi) is 4.47. The van der Waals surface area contributed by atoms with E-state index in [1.165, 1.54) is 16.4 Å². The number of rotatable bonds is 3. The molecule has 1 atom stereocenters. The lowest BCUT2D eigenvalue weighted by Crippen LogP contribution is -2.52. The highest BCUT2D eigenvalue weighted by molar-refractivity contribution is 7.91. The second-order valence-corrected chi connectivity index (χ2v) is 10.1. The third-order valence-electron chi connectivity index (χ3n) is 4.45. The molecular formula is C14H19FN2O4S2. The van der Waals surface area contributed by atoms with Crippen LogP contribution in [0.15, 0.2) is 29.2 Å². The fourth-order valence-electron chi connectivity index (χ4n) is 3.13. The van der Waals surface area contributed by atoms with Crippen molar-refractivity contribution in [3.8, 4) is 0 Å². The molecule has 0 aromatic heterocycles. The van der Waals surface area contributed by atoms with E-state index in [4.69, 9.17) is 0 Å². The smallest absolute Gasteiger partial charge is 0.243 e. The van der Waals surface area contributed by atoms with Crippen molar-refractivity contribution in [1.29, 1.82) is 0 Å². The average Bonchev–Trinajstić information content (AvgIpc) is 2.88. The molecule has 23 heavy (non-hydrogen) atoms. The molecule has 0 unspecified atom stereocenters. The maximum Gasteiger partial charge on any atom is 0.243 e. The molecule has 9 heteroatoms. The van der Waals surface area contributed by atoms with Crippen LogP contribution in [0.4, 0.5) is 4.39 Å². The molecule has 2 fully saturated rings. The van der Waals surface area contributed by atoms with Gasteiger partial charge in [0.25, 0.3) is 0 Å². The summed E-state index contributed by atoms with van der Waals surface area (Å²) in [6.45, 7) is 1.66. The van der Waals surface area contributed by atoms with Gasteiger partial charge in [0.05, 0.1) is 16.4 Å². The lowest BCUT2D eigenvalue weighted by atomic mass is 10.2. The number of halogens is 1. The summed E-state index contributed by atoms with van der Waals surface area (Å²) in [5.74, 6) is -0.0973. The molecule has 3 rings (SSSR count). The minimum atomic E-state index is -3.63. The molecule has 0 spiro atoms. The van der Waals surface area contributed by atoms with Gasteiger partial charge in [0, 0.05) is 32.2 Å². The van der Waals surface area contributed by atoms with Crippen LogP contribution in [0.5, 0.6) is 0 Å². The Hall–Kier alpha value is -1.03. The van der Waals surface area contributed by atoms with Gasteiger partial charge in [-0.3, -0.25) is 4.90 Å². The van der Waals surface area contributed by atoms with E-state index in [-0.39, 0.29) is 22.4 Å². The number of piperazine rings is 1. The quantitative estimate of drug-likeness (QED) is 0.774. The Labute approximate surface area is 135 Å². The van der Waals surface area contributed by atoms with Crippen molar-refractivity contribution in [2.24, 2.45) is 0 Å². The molecule has 128 valence electrons. The second kappa shape index (κ2) is 6.12. The Morgan fingerprint density at radius 3 is 2.17 bits per heavy atom. The molecule has 0 saturated carbocycles. The van der Waals surface area contributed by atoms with Gasteiger partial charge in [-0.05, 0) is 30.7 Å². The van der Waals surface area contributed by atoms with Crippen molar-refractivity contribution in [3.05, 3.63) is 30.1 Å². The van der Waals surface area contributed by atoms with E-state index >= 15 is 0 Å². The van der Waals surface area contributed by atoms with E-state index in [1.807, 2.05) is 0 Å². The van der Waals surface area contributed by atoms with Gasteiger partial charge in [-0.15, -0.1) is 0 Å². The normalized spacial score (nSPS) is 26.4. The molecule has 0 radical (unpaired) electrons. The summed E-state index contributed by atoms with van der Waals surface area (Å²) in [6, 6.07) is 4.79. The van der Waals surface area contributed by atoms with Crippen LogP contribution in [0.1, 0.15) is 6.42 Å². The van der Waals surface area contributed by atoms with Gasteiger partial charge in [0.15, 0.2) is 9.84 Å². The molecule has 6 nitrogen and oxygen atoms in total. The molecule has 0 amide bonds. The number of sulfonamides is 1. The predicted molar refractivity (Wildman–Crippen MR) is 83.8 cm³/mol. The highest BCUT2D eigenvalue weighted by Gasteiger charge is 2.36. The topological polar surface area (TPSA) is 74.8 Å². The largest absolute Gasteiger partial charge is 0.297 e. The Morgan fingerprint density at radius 1 is 1.04 bits per heavy atom. The summed E-state index contributed by atoms with van der Waals surface area (Å²) in [5, 5.41) is 0. The second-order valence-electron chi connectivity index (χ2n) is 5.95. The average molecular weight is 362 g/mol. The molecule has 2 heterocycles. The number of nitrogens with zero attached hydrogens (tertiary/aromatic N) is 2. The lowest BCUT2D eigenvalue weighted by Gasteiger charge is -2.36. The number of hydrogen-bond acceptors (Lipinski definition) is 5. The zero-order chi connectivity index (χ0) is 16.7.